The molecule has 0 unspecified atom stereocenters. The number of benzene rings is 4. The van der Waals surface area contributed by atoms with Crippen molar-refractivity contribution < 1.29 is 28.9 Å². The van der Waals surface area contributed by atoms with Crippen LogP contribution in [0.3, 0.4) is 0 Å². The van der Waals surface area contributed by atoms with Crippen molar-refractivity contribution in [2.24, 2.45) is 0 Å². The first-order chi connectivity index (χ1) is 16.6. The second-order valence-corrected chi connectivity index (χ2v) is 7.80. The first-order valence-electron chi connectivity index (χ1n) is 10.8. The molecule has 1 heterocycles. The lowest BCUT2D eigenvalue weighted by molar-refractivity contribution is 0.0697. The monoisotopic (exact) mass is 455 g/mol. The third-order valence-corrected chi connectivity index (χ3v) is 5.49. The smallest absolute Gasteiger partial charge is 0.337 e. The normalized spacial score (nSPS) is 12.2. The van der Waals surface area contributed by atoms with E-state index in [-0.39, 0.29) is 17.9 Å². The number of nitrogens with one attached hydrogen (secondary N) is 1. The van der Waals surface area contributed by atoms with Gasteiger partial charge in [0.25, 0.3) is 5.91 Å². The molecule has 1 aliphatic rings. The van der Waals surface area contributed by atoms with Crippen LogP contribution in [0.25, 0.3) is 10.8 Å². The molecule has 0 atom stereocenters. The van der Waals surface area contributed by atoms with Gasteiger partial charge in [0.2, 0.25) is 0 Å². The number of fused-ring (bicyclic) bond motifs is 2. The van der Waals surface area contributed by atoms with E-state index in [9.17, 15) is 14.7 Å². The third-order valence-electron chi connectivity index (χ3n) is 5.49. The minimum Gasteiger partial charge on any atom is -0.489 e. The van der Waals surface area contributed by atoms with Gasteiger partial charge in [0, 0.05) is 5.56 Å². The van der Waals surface area contributed by atoms with Gasteiger partial charge in [-0.1, -0.05) is 36.4 Å². The summed E-state index contributed by atoms with van der Waals surface area (Å²) in [5.41, 5.74) is 1.40. The first kappa shape index (κ1) is 21.3. The molecule has 0 spiro atoms. The second kappa shape index (κ2) is 9.15. The zero-order valence-electron chi connectivity index (χ0n) is 18.1. The van der Waals surface area contributed by atoms with Crippen LogP contribution < -0.4 is 19.5 Å². The van der Waals surface area contributed by atoms with E-state index in [2.05, 4.69) is 5.32 Å². The highest BCUT2D eigenvalue weighted by molar-refractivity contribution is 6.08. The van der Waals surface area contributed by atoms with Crippen molar-refractivity contribution in [3.8, 4) is 17.2 Å². The van der Waals surface area contributed by atoms with Crippen molar-refractivity contribution in [2.45, 2.75) is 6.61 Å². The van der Waals surface area contributed by atoms with E-state index in [4.69, 9.17) is 14.2 Å². The molecule has 0 radical (unpaired) electrons. The fourth-order valence-electron chi connectivity index (χ4n) is 3.77. The lowest BCUT2D eigenvalue weighted by Gasteiger charge is -2.18. The van der Waals surface area contributed by atoms with Gasteiger partial charge in [-0.15, -0.1) is 0 Å². The number of carboxylic acids is 1. The first-order valence-corrected chi connectivity index (χ1v) is 10.8. The van der Waals surface area contributed by atoms with E-state index in [0.717, 1.165) is 16.3 Å². The summed E-state index contributed by atoms with van der Waals surface area (Å²) in [5, 5.41) is 14.6. The molecule has 0 aromatic heterocycles. The Balaban J connectivity index is 1.31. The summed E-state index contributed by atoms with van der Waals surface area (Å²) >= 11 is 0. The Kier molecular flexibility index (Phi) is 5.74. The highest BCUT2D eigenvalue weighted by Gasteiger charge is 2.18. The van der Waals surface area contributed by atoms with Gasteiger partial charge in [0.1, 0.15) is 25.6 Å². The Bertz CT molecular complexity index is 1400. The minimum atomic E-state index is -1.17. The van der Waals surface area contributed by atoms with Gasteiger partial charge < -0.3 is 24.6 Å². The maximum atomic E-state index is 12.7. The summed E-state index contributed by atoms with van der Waals surface area (Å²) in [6, 6.07) is 23.5. The SMILES string of the molecule is O=C(Nc1ccc(OCc2ccc3ccccc3c2)cc1C(=O)O)c1ccc2c(c1)OCCO2. The van der Waals surface area contributed by atoms with E-state index < -0.39 is 11.9 Å². The van der Waals surface area contributed by atoms with Crippen molar-refractivity contribution in [3.05, 3.63) is 95.6 Å². The summed E-state index contributed by atoms with van der Waals surface area (Å²) in [7, 11) is 0. The summed E-state index contributed by atoms with van der Waals surface area (Å²) in [4.78, 5) is 24.6. The van der Waals surface area contributed by atoms with Gasteiger partial charge >= 0.3 is 5.97 Å². The highest BCUT2D eigenvalue weighted by atomic mass is 16.6. The topological polar surface area (TPSA) is 94.1 Å². The average molecular weight is 455 g/mol. The molecule has 170 valence electrons. The molecule has 7 heteroatoms. The van der Waals surface area contributed by atoms with Gasteiger partial charge in [-0.25, -0.2) is 4.79 Å². The number of hydrogen-bond donors (Lipinski definition) is 2. The van der Waals surface area contributed by atoms with Gasteiger partial charge in [-0.2, -0.15) is 0 Å². The summed E-state index contributed by atoms with van der Waals surface area (Å²) < 4.78 is 16.8. The molecular weight excluding hydrogens is 434 g/mol. The van der Waals surface area contributed by atoms with E-state index in [0.29, 0.717) is 36.0 Å². The zero-order chi connectivity index (χ0) is 23.5. The van der Waals surface area contributed by atoms with Crippen LogP contribution in [-0.4, -0.2) is 30.2 Å². The van der Waals surface area contributed by atoms with Crippen LogP contribution in [0, 0.1) is 0 Å². The minimum absolute atomic E-state index is 0.0677. The number of amides is 1. The molecule has 5 rings (SSSR count). The number of hydrogen-bond acceptors (Lipinski definition) is 5. The fraction of sp³-hybridized carbons (Fsp3) is 0.111. The van der Waals surface area contributed by atoms with Crippen LogP contribution in [0.15, 0.2) is 78.9 Å². The van der Waals surface area contributed by atoms with Gasteiger partial charge in [-0.05, 0) is 58.8 Å². The van der Waals surface area contributed by atoms with Crippen molar-refractivity contribution in [3.63, 3.8) is 0 Å². The molecule has 4 aromatic carbocycles. The Hall–Kier alpha value is -4.52. The van der Waals surface area contributed by atoms with Crippen molar-refractivity contribution in [1.29, 1.82) is 0 Å². The Labute approximate surface area is 195 Å². The maximum absolute atomic E-state index is 12.7. The van der Waals surface area contributed by atoms with Crippen molar-refractivity contribution in [1.82, 2.24) is 0 Å². The number of carbonyl (C=O) groups excluding carboxylic acids is 1. The molecular formula is C27H21NO6. The van der Waals surface area contributed by atoms with Crippen molar-refractivity contribution >= 4 is 28.3 Å². The predicted molar refractivity (Wildman–Crippen MR) is 127 cm³/mol. The van der Waals surface area contributed by atoms with Gasteiger partial charge in [0.05, 0.1) is 11.3 Å². The van der Waals surface area contributed by atoms with E-state index in [1.54, 1.807) is 24.3 Å². The molecule has 0 saturated heterocycles. The molecule has 0 bridgehead atoms. The summed E-state index contributed by atoms with van der Waals surface area (Å²) in [6.07, 6.45) is 0. The summed E-state index contributed by atoms with van der Waals surface area (Å²) in [6.45, 7) is 1.14. The van der Waals surface area contributed by atoms with Crippen LogP contribution in [0.5, 0.6) is 17.2 Å². The Morgan fingerprint density at radius 2 is 1.65 bits per heavy atom. The molecule has 1 aliphatic heterocycles. The van der Waals surface area contributed by atoms with Crippen LogP contribution in [0.1, 0.15) is 26.3 Å². The maximum Gasteiger partial charge on any atom is 0.337 e. The second-order valence-electron chi connectivity index (χ2n) is 7.80. The zero-order valence-corrected chi connectivity index (χ0v) is 18.1. The van der Waals surface area contributed by atoms with Crippen LogP contribution in [-0.2, 0) is 6.61 Å². The fourth-order valence-corrected chi connectivity index (χ4v) is 3.77. The predicted octanol–water partition coefficient (Wildman–Crippen LogP) is 5.14. The number of carboxylic acid groups (broad SMARTS) is 1. The van der Waals surface area contributed by atoms with E-state index in [1.165, 1.54) is 12.1 Å². The third kappa shape index (κ3) is 4.49. The number of carbonyl (C=O) groups is 2. The molecule has 0 fully saturated rings. The van der Waals surface area contributed by atoms with E-state index in [1.807, 2.05) is 42.5 Å². The lowest BCUT2D eigenvalue weighted by Crippen LogP contribution is -2.18. The molecule has 1 amide bonds. The number of ether oxygens (including phenoxy) is 3. The van der Waals surface area contributed by atoms with Crippen molar-refractivity contribution in [2.75, 3.05) is 18.5 Å². The number of rotatable bonds is 6. The van der Waals surface area contributed by atoms with Gasteiger partial charge in [0.15, 0.2) is 11.5 Å². The molecule has 34 heavy (non-hydrogen) atoms. The molecule has 4 aromatic rings. The van der Waals surface area contributed by atoms with Crippen LogP contribution >= 0.6 is 0 Å². The average Bonchev–Trinajstić information content (AvgIpc) is 2.87. The van der Waals surface area contributed by atoms with Crippen LogP contribution in [0.4, 0.5) is 5.69 Å². The van der Waals surface area contributed by atoms with Gasteiger partial charge in [-0.3, -0.25) is 4.79 Å². The lowest BCUT2D eigenvalue weighted by atomic mass is 10.1. The number of aromatic carboxylic acids is 1. The largest absolute Gasteiger partial charge is 0.489 e. The Morgan fingerprint density at radius 1 is 0.853 bits per heavy atom. The van der Waals surface area contributed by atoms with Crippen LogP contribution in [0.2, 0.25) is 0 Å². The standard InChI is InChI=1S/C27H21NO6/c29-26(20-7-10-24-25(14-20)33-12-11-32-24)28-23-9-8-21(15-22(23)27(30)31)34-16-17-5-6-18-3-1-2-4-19(18)13-17/h1-10,13-15H,11-12,16H2,(H,28,29)(H,30,31). The highest BCUT2D eigenvalue weighted by Crippen LogP contribution is 2.31. The molecule has 2 N–H and O–H groups in total. The molecule has 0 saturated carbocycles. The molecule has 0 aliphatic carbocycles. The Morgan fingerprint density at radius 3 is 2.47 bits per heavy atom. The quantitative estimate of drug-likeness (QED) is 0.418. The van der Waals surface area contributed by atoms with E-state index >= 15 is 0 Å². The molecule has 7 nitrogen and oxygen atoms in total. The number of anilines is 1. The summed E-state index contributed by atoms with van der Waals surface area (Å²) in [5.74, 6) is -0.183.